The molecule has 5 rings (SSSR count). The van der Waals surface area contributed by atoms with Gasteiger partial charge in [0.1, 0.15) is 5.82 Å². The number of fused-ring (bicyclic) bond motifs is 3. The molecule has 3 aromatic carbocycles. The molecule has 1 atom stereocenters. The minimum absolute atomic E-state index is 0.0336. The summed E-state index contributed by atoms with van der Waals surface area (Å²) >= 11 is 5.95. The van der Waals surface area contributed by atoms with Crippen molar-refractivity contribution < 1.29 is 9.18 Å². The first-order chi connectivity index (χ1) is 16.4. The highest BCUT2D eigenvalue weighted by atomic mass is 35.5. The van der Waals surface area contributed by atoms with Crippen LogP contribution in [0, 0.1) is 5.82 Å². The second-order valence-corrected chi connectivity index (χ2v) is 9.25. The first kappa shape index (κ1) is 22.2. The molecule has 6 heteroatoms. The van der Waals surface area contributed by atoms with Crippen molar-refractivity contribution in [3.8, 4) is 5.69 Å². The molecule has 0 saturated heterocycles. The highest BCUT2D eigenvalue weighted by molar-refractivity contribution is 6.31. The molecule has 0 radical (unpaired) electrons. The van der Waals surface area contributed by atoms with Crippen molar-refractivity contribution in [3.63, 3.8) is 0 Å². The van der Waals surface area contributed by atoms with Gasteiger partial charge in [-0.15, -0.1) is 0 Å². The number of para-hydroxylation sites is 1. The van der Waals surface area contributed by atoms with Crippen molar-refractivity contribution in [1.82, 2.24) is 9.47 Å². The Balaban J connectivity index is 1.60. The largest absolute Gasteiger partial charge is 0.322 e. The van der Waals surface area contributed by atoms with Gasteiger partial charge in [0.2, 0.25) is 0 Å². The first-order valence-electron chi connectivity index (χ1n) is 11.3. The third-order valence-electron chi connectivity index (χ3n) is 6.31. The number of urea groups is 1. The predicted octanol–water partition coefficient (Wildman–Crippen LogP) is 7.53. The number of nitrogens with zero attached hydrogens (tertiary/aromatic N) is 2. The molecule has 0 aliphatic carbocycles. The van der Waals surface area contributed by atoms with Gasteiger partial charge in [0.05, 0.1) is 23.3 Å². The standard InChI is InChI=1S/C28H25ClFN3O/c1-18(2)19-9-11-20(12-10-19)27-26-8-5-15-32(26)25-7-4-3-6-21(25)17-33(27)28(34)31-22-13-14-24(30)23(29)16-22/h3-16,18,27H,17H2,1-2H3,(H,31,34)/t27-/m0/s1. The van der Waals surface area contributed by atoms with Gasteiger partial charge in [0, 0.05) is 17.6 Å². The molecule has 172 valence electrons. The van der Waals surface area contributed by atoms with E-state index in [1.165, 1.54) is 23.8 Å². The van der Waals surface area contributed by atoms with Gasteiger partial charge in [-0.1, -0.05) is 67.9 Å². The summed E-state index contributed by atoms with van der Waals surface area (Å²) < 4.78 is 15.8. The van der Waals surface area contributed by atoms with Gasteiger partial charge in [-0.2, -0.15) is 0 Å². The summed E-state index contributed by atoms with van der Waals surface area (Å²) in [6.45, 7) is 4.74. The maximum atomic E-state index is 13.7. The third-order valence-corrected chi connectivity index (χ3v) is 6.60. The topological polar surface area (TPSA) is 37.3 Å². The fourth-order valence-electron chi connectivity index (χ4n) is 4.52. The van der Waals surface area contributed by atoms with Gasteiger partial charge in [0.25, 0.3) is 0 Å². The summed E-state index contributed by atoms with van der Waals surface area (Å²) in [6.07, 6.45) is 2.03. The number of anilines is 1. The number of amides is 2. The van der Waals surface area contributed by atoms with Gasteiger partial charge in [-0.05, 0) is 59.0 Å². The molecule has 4 aromatic rings. The Morgan fingerprint density at radius 3 is 2.53 bits per heavy atom. The van der Waals surface area contributed by atoms with E-state index in [1.807, 2.05) is 35.4 Å². The Morgan fingerprint density at radius 1 is 1.03 bits per heavy atom. The minimum Gasteiger partial charge on any atom is -0.318 e. The molecular formula is C28H25ClFN3O. The lowest BCUT2D eigenvalue weighted by Crippen LogP contribution is -2.37. The second kappa shape index (κ2) is 8.99. The zero-order valence-corrected chi connectivity index (χ0v) is 19.8. The minimum atomic E-state index is -0.524. The number of carbonyl (C=O) groups excluding carboxylic acids is 1. The number of hydrogen-bond donors (Lipinski definition) is 1. The number of rotatable bonds is 3. The molecule has 1 aliphatic heterocycles. The summed E-state index contributed by atoms with van der Waals surface area (Å²) in [5, 5.41) is 2.88. The van der Waals surface area contributed by atoms with E-state index in [2.05, 4.69) is 60.1 Å². The smallest absolute Gasteiger partial charge is 0.318 e. The van der Waals surface area contributed by atoms with Crippen molar-refractivity contribution in [1.29, 1.82) is 0 Å². The van der Waals surface area contributed by atoms with Crippen LogP contribution in [0.25, 0.3) is 5.69 Å². The molecule has 2 amide bonds. The van der Waals surface area contributed by atoms with Crippen molar-refractivity contribution in [2.75, 3.05) is 5.32 Å². The molecule has 0 fully saturated rings. The summed E-state index contributed by atoms with van der Waals surface area (Å²) in [5.41, 5.74) is 5.78. The number of halogens is 2. The van der Waals surface area contributed by atoms with Crippen LogP contribution >= 0.6 is 11.6 Å². The van der Waals surface area contributed by atoms with E-state index in [1.54, 1.807) is 0 Å². The van der Waals surface area contributed by atoms with Crippen LogP contribution in [-0.4, -0.2) is 15.5 Å². The van der Waals surface area contributed by atoms with Gasteiger partial charge >= 0.3 is 6.03 Å². The van der Waals surface area contributed by atoms with Crippen molar-refractivity contribution >= 4 is 23.3 Å². The van der Waals surface area contributed by atoms with E-state index in [0.29, 0.717) is 18.2 Å². The van der Waals surface area contributed by atoms with Gasteiger partial charge < -0.3 is 14.8 Å². The van der Waals surface area contributed by atoms with Gasteiger partial charge in [-0.25, -0.2) is 9.18 Å². The molecule has 2 heterocycles. The quantitative estimate of drug-likeness (QED) is 0.328. The fraction of sp³-hybridized carbons (Fsp3) is 0.179. The maximum Gasteiger partial charge on any atom is 0.322 e. The fourth-order valence-corrected chi connectivity index (χ4v) is 4.70. The monoisotopic (exact) mass is 473 g/mol. The second-order valence-electron chi connectivity index (χ2n) is 8.84. The van der Waals surface area contributed by atoms with Gasteiger partial charge in [0.15, 0.2) is 0 Å². The van der Waals surface area contributed by atoms with E-state index in [-0.39, 0.29) is 17.1 Å². The number of hydrogen-bond acceptors (Lipinski definition) is 1. The number of benzene rings is 3. The highest BCUT2D eigenvalue weighted by Gasteiger charge is 2.33. The summed E-state index contributed by atoms with van der Waals surface area (Å²) in [4.78, 5) is 15.5. The average molecular weight is 474 g/mol. The number of aromatic nitrogens is 1. The molecule has 0 unspecified atom stereocenters. The Morgan fingerprint density at radius 2 is 1.79 bits per heavy atom. The lowest BCUT2D eigenvalue weighted by Gasteiger charge is -2.31. The molecule has 1 N–H and O–H groups in total. The van der Waals surface area contributed by atoms with Crippen LogP contribution in [0.3, 0.4) is 0 Å². The summed E-state index contributed by atoms with van der Waals surface area (Å²) in [6, 6.07) is 24.2. The maximum absolute atomic E-state index is 13.7. The Kier molecular flexibility index (Phi) is 5.88. The van der Waals surface area contributed by atoms with Crippen LogP contribution in [0.4, 0.5) is 14.9 Å². The molecule has 4 nitrogen and oxygen atoms in total. The molecule has 1 aromatic heterocycles. The normalized spacial score (nSPS) is 15.0. The van der Waals surface area contributed by atoms with E-state index < -0.39 is 5.82 Å². The first-order valence-corrected chi connectivity index (χ1v) is 11.7. The summed E-state index contributed by atoms with van der Waals surface area (Å²) in [7, 11) is 0. The predicted molar refractivity (Wildman–Crippen MR) is 134 cm³/mol. The molecule has 1 aliphatic rings. The zero-order valence-electron chi connectivity index (χ0n) is 19.0. The van der Waals surface area contributed by atoms with Crippen molar-refractivity contribution in [3.05, 3.63) is 118 Å². The van der Waals surface area contributed by atoms with E-state index in [9.17, 15) is 9.18 Å². The van der Waals surface area contributed by atoms with E-state index >= 15 is 0 Å². The molecular weight excluding hydrogens is 449 g/mol. The SMILES string of the molecule is CC(C)c1ccc([C@H]2c3cccn3-c3ccccc3CN2C(=O)Nc2ccc(F)c(Cl)c2)cc1. The van der Waals surface area contributed by atoms with Crippen molar-refractivity contribution in [2.45, 2.75) is 32.4 Å². The van der Waals surface area contributed by atoms with Crippen LogP contribution in [0.1, 0.15) is 48.2 Å². The van der Waals surface area contributed by atoms with Crippen LogP contribution in [0.5, 0.6) is 0 Å². The van der Waals surface area contributed by atoms with E-state index in [0.717, 1.165) is 22.5 Å². The van der Waals surface area contributed by atoms with Crippen LogP contribution in [0.15, 0.2) is 85.1 Å². The number of carbonyl (C=O) groups is 1. The Bertz CT molecular complexity index is 1350. The average Bonchev–Trinajstić information content (AvgIpc) is 3.26. The molecule has 34 heavy (non-hydrogen) atoms. The van der Waals surface area contributed by atoms with E-state index in [4.69, 9.17) is 11.6 Å². The molecule has 0 spiro atoms. The van der Waals surface area contributed by atoms with Crippen LogP contribution in [0.2, 0.25) is 5.02 Å². The Hall–Kier alpha value is -3.57. The molecule has 0 saturated carbocycles. The number of nitrogens with one attached hydrogen (secondary N) is 1. The molecule has 0 bridgehead atoms. The zero-order chi connectivity index (χ0) is 23.8. The van der Waals surface area contributed by atoms with Crippen LogP contribution in [-0.2, 0) is 6.54 Å². The summed E-state index contributed by atoms with van der Waals surface area (Å²) in [5.74, 6) is -0.108. The Labute approximate surface area is 203 Å². The lowest BCUT2D eigenvalue weighted by molar-refractivity contribution is 0.194. The van der Waals surface area contributed by atoms with Gasteiger partial charge in [-0.3, -0.25) is 0 Å². The highest BCUT2D eigenvalue weighted by Crippen LogP contribution is 2.37. The lowest BCUT2D eigenvalue weighted by atomic mass is 9.97. The third kappa shape index (κ3) is 4.08. The van der Waals surface area contributed by atoms with Crippen LogP contribution < -0.4 is 5.32 Å². The van der Waals surface area contributed by atoms with Crippen molar-refractivity contribution in [2.24, 2.45) is 0 Å².